The van der Waals surface area contributed by atoms with E-state index in [1.165, 1.54) is 11.1 Å². The van der Waals surface area contributed by atoms with Crippen molar-refractivity contribution in [3.63, 3.8) is 0 Å². The quantitative estimate of drug-likeness (QED) is 0.566. The van der Waals surface area contributed by atoms with E-state index in [0.717, 1.165) is 32.7 Å². The molecule has 0 spiro atoms. The maximum absolute atomic E-state index is 2.54. The Morgan fingerprint density at radius 2 is 1.82 bits per heavy atom. The van der Waals surface area contributed by atoms with E-state index in [1.807, 2.05) is 11.9 Å². The Morgan fingerprint density at radius 3 is 2.45 bits per heavy atom. The van der Waals surface area contributed by atoms with Crippen molar-refractivity contribution in [3.05, 3.63) is 65.1 Å². The number of hydrogen-bond donors (Lipinski definition) is 0. The highest BCUT2D eigenvalue weighted by Gasteiger charge is 2.16. The minimum atomic E-state index is 1.07. The fourth-order valence-corrected chi connectivity index (χ4v) is 3.23. The summed E-state index contributed by atoms with van der Waals surface area (Å²) in [6, 6.07) is 10.5. The standard InChI is InChI=1S/C19H26N2S/c1-3-8-18(4-2)17-20-12-14-21(15-13-20)22-16-11-19-9-6-5-7-10-19/h3-11,16H,12-15,17H2,1-2H3/b8-3-,16-11+,18-4+. The Kier molecular flexibility index (Phi) is 7.50. The minimum absolute atomic E-state index is 1.07. The summed E-state index contributed by atoms with van der Waals surface area (Å²) in [5.74, 6) is 0. The van der Waals surface area contributed by atoms with Crippen molar-refractivity contribution in [1.82, 2.24) is 9.21 Å². The number of hydrogen-bond acceptors (Lipinski definition) is 3. The Bertz CT molecular complexity index is 511. The zero-order chi connectivity index (χ0) is 15.6. The molecule has 0 unspecified atom stereocenters. The molecule has 0 saturated carbocycles. The molecular formula is C19H26N2S. The number of rotatable bonds is 6. The van der Waals surface area contributed by atoms with Gasteiger partial charge >= 0.3 is 0 Å². The fraction of sp³-hybridized carbons (Fsp3) is 0.368. The molecule has 1 heterocycles. The molecule has 22 heavy (non-hydrogen) atoms. The highest BCUT2D eigenvalue weighted by molar-refractivity contribution is 8.00. The summed E-state index contributed by atoms with van der Waals surface area (Å²) in [6.07, 6.45) is 8.73. The van der Waals surface area contributed by atoms with Crippen LogP contribution in [0.25, 0.3) is 6.08 Å². The van der Waals surface area contributed by atoms with Crippen molar-refractivity contribution >= 4 is 18.0 Å². The van der Waals surface area contributed by atoms with Crippen molar-refractivity contribution in [2.75, 3.05) is 32.7 Å². The van der Waals surface area contributed by atoms with Crippen LogP contribution in [0.5, 0.6) is 0 Å². The van der Waals surface area contributed by atoms with E-state index in [2.05, 4.69) is 83.1 Å². The molecule has 0 N–H and O–H groups in total. The third kappa shape index (κ3) is 5.84. The molecule has 1 aliphatic heterocycles. The van der Waals surface area contributed by atoms with Gasteiger partial charge in [-0.05, 0) is 36.5 Å². The summed E-state index contributed by atoms with van der Waals surface area (Å²) < 4.78 is 2.45. The number of allylic oxidation sites excluding steroid dienone is 2. The van der Waals surface area contributed by atoms with Gasteiger partial charge in [-0.25, -0.2) is 4.31 Å². The van der Waals surface area contributed by atoms with E-state index >= 15 is 0 Å². The molecule has 1 aromatic carbocycles. The van der Waals surface area contributed by atoms with Gasteiger partial charge in [0.05, 0.1) is 0 Å². The van der Waals surface area contributed by atoms with E-state index in [1.54, 1.807) is 0 Å². The first-order valence-electron chi connectivity index (χ1n) is 7.95. The first-order valence-corrected chi connectivity index (χ1v) is 8.79. The highest BCUT2D eigenvalue weighted by Crippen LogP contribution is 2.17. The van der Waals surface area contributed by atoms with Gasteiger partial charge in [-0.1, -0.05) is 60.5 Å². The molecule has 1 aromatic rings. The van der Waals surface area contributed by atoms with Crippen LogP contribution >= 0.6 is 11.9 Å². The van der Waals surface area contributed by atoms with Gasteiger partial charge in [-0.15, -0.1) is 0 Å². The molecule has 3 heteroatoms. The number of benzene rings is 1. The van der Waals surface area contributed by atoms with Crippen LogP contribution in [0.2, 0.25) is 0 Å². The SMILES string of the molecule is C/C=C\C(=C/C)CN1CCN(S/C=C/c2ccccc2)CC1. The van der Waals surface area contributed by atoms with Gasteiger partial charge in [0.2, 0.25) is 0 Å². The lowest BCUT2D eigenvalue weighted by atomic mass is 10.2. The molecule has 0 bridgehead atoms. The predicted molar refractivity (Wildman–Crippen MR) is 99.7 cm³/mol. The molecule has 0 aromatic heterocycles. The van der Waals surface area contributed by atoms with Crippen molar-refractivity contribution in [2.45, 2.75) is 13.8 Å². The van der Waals surface area contributed by atoms with E-state index < -0.39 is 0 Å². The van der Waals surface area contributed by atoms with E-state index in [4.69, 9.17) is 0 Å². The Hall–Kier alpha value is -1.29. The van der Waals surface area contributed by atoms with Gasteiger partial charge in [0.15, 0.2) is 0 Å². The van der Waals surface area contributed by atoms with Crippen molar-refractivity contribution < 1.29 is 0 Å². The van der Waals surface area contributed by atoms with Gasteiger partial charge in [-0.2, -0.15) is 0 Å². The first-order chi connectivity index (χ1) is 10.8. The van der Waals surface area contributed by atoms with Crippen LogP contribution in [0.3, 0.4) is 0 Å². The van der Waals surface area contributed by atoms with Crippen LogP contribution in [0, 0.1) is 0 Å². The van der Waals surface area contributed by atoms with Gasteiger partial charge < -0.3 is 0 Å². The predicted octanol–water partition coefficient (Wildman–Crippen LogP) is 4.45. The van der Waals surface area contributed by atoms with Crippen LogP contribution < -0.4 is 0 Å². The second-order valence-electron chi connectivity index (χ2n) is 5.39. The van der Waals surface area contributed by atoms with Crippen LogP contribution in [0.1, 0.15) is 19.4 Å². The third-order valence-corrected chi connectivity index (χ3v) is 4.68. The normalized spacial score (nSPS) is 18.5. The summed E-state index contributed by atoms with van der Waals surface area (Å²) in [5.41, 5.74) is 2.67. The smallest absolute Gasteiger partial charge is 0.0231 e. The molecule has 2 rings (SSSR count). The van der Waals surface area contributed by atoms with Crippen molar-refractivity contribution in [2.24, 2.45) is 0 Å². The van der Waals surface area contributed by atoms with Gasteiger partial charge in [0, 0.05) is 32.7 Å². The van der Waals surface area contributed by atoms with Crippen LogP contribution in [-0.2, 0) is 0 Å². The highest BCUT2D eigenvalue weighted by atomic mass is 32.2. The lowest BCUT2D eigenvalue weighted by molar-refractivity contribution is 0.212. The zero-order valence-electron chi connectivity index (χ0n) is 13.6. The number of piperazine rings is 1. The summed E-state index contributed by atoms with van der Waals surface area (Å²) in [6.45, 7) is 9.79. The third-order valence-electron chi connectivity index (χ3n) is 3.76. The molecular weight excluding hydrogens is 288 g/mol. The lowest BCUT2D eigenvalue weighted by Crippen LogP contribution is -2.43. The molecule has 2 nitrogen and oxygen atoms in total. The Morgan fingerprint density at radius 1 is 1.09 bits per heavy atom. The zero-order valence-corrected chi connectivity index (χ0v) is 14.4. The van der Waals surface area contributed by atoms with E-state index in [9.17, 15) is 0 Å². The van der Waals surface area contributed by atoms with Crippen LogP contribution in [0.15, 0.2) is 59.5 Å². The summed E-state index contributed by atoms with van der Waals surface area (Å²) in [4.78, 5) is 2.54. The molecule has 118 valence electrons. The average molecular weight is 314 g/mol. The molecule has 0 aliphatic carbocycles. The van der Waals surface area contributed by atoms with Gasteiger partial charge in [-0.3, -0.25) is 4.90 Å². The maximum Gasteiger partial charge on any atom is 0.0231 e. The summed E-state index contributed by atoms with van der Waals surface area (Å²) >= 11 is 1.83. The van der Waals surface area contributed by atoms with E-state index in [-0.39, 0.29) is 0 Å². The van der Waals surface area contributed by atoms with Gasteiger partial charge in [0.1, 0.15) is 0 Å². The van der Waals surface area contributed by atoms with E-state index in [0.29, 0.717) is 0 Å². The summed E-state index contributed by atoms with van der Waals surface area (Å²) in [5, 5.41) is 2.20. The van der Waals surface area contributed by atoms with Crippen LogP contribution in [-0.4, -0.2) is 41.9 Å². The Balaban J connectivity index is 1.72. The fourth-order valence-electron chi connectivity index (χ4n) is 2.46. The topological polar surface area (TPSA) is 6.48 Å². The second kappa shape index (κ2) is 9.67. The van der Waals surface area contributed by atoms with Gasteiger partial charge in [0.25, 0.3) is 0 Å². The minimum Gasteiger partial charge on any atom is -0.296 e. The first kappa shape index (κ1) is 17.1. The molecule has 0 amide bonds. The summed E-state index contributed by atoms with van der Waals surface area (Å²) in [7, 11) is 0. The molecule has 0 radical (unpaired) electrons. The largest absolute Gasteiger partial charge is 0.296 e. The monoisotopic (exact) mass is 314 g/mol. The number of nitrogens with zero attached hydrogens (tertiary/aromatic N) is 2. The van der Waals surface area contributed by atoms with Crippen LogP contribution in [0.4, 0.5) is 0 Å². The maximum atomic E-state index is 2.54. The van der Waals surface area contributed by atoms with Crippen molar-refractivity contribution in [1.29, 1.82) is 0 Å². The lowest BCUT2D eigenvalue weighted by Gasteiger charge is -2.33. The second-order valence-corrected chi connectivity index (χ2v) is 6.39. The molecule has 1 saturated heterocycles. The van der Waals surface area contributed by atoms with Crippen molar-refractivity contribution in [3.8, 4) is 0 Å². The molecule has 1 fully saturated rings. The molecule has 0 atom stereocenters. The molecule has 1 aliphatic rings. The average Bonchev–Trinajstić information content (AvgIpc) is 2.57. The Labute approximate surface area is 139 Å².